The lowest BCUT2D eigenvalue weighted by Crippen LogP contribution is -2.29. The van der Waals surface area contributed by atoms with Gasteiger partial charge in [-0.3, -0.25) is 0 Å². The fraction of sp³-hybridized carbons (Fsp3) is 0. The molecule has 0 unspecified atom stereocenters. The second-order valence-corrected chi connectivity index (χ2v) is 4.11. The molecule has 0 aliphatic carbocycles. The van der Waals surface area contributed by atoms with Gasteiger partial charge < -0.3 is 15.0 Å². The highest BCUT2D eigenvalue weighted by atomic mass is 16.4. The highest BCUT2D eigenvalue weighted by molar-refractivity contribution is 6.58. The quantitative estimate of drug-likeness (QED) is 0.581. The number of hydrogen-bond donors (Lipinski definition) is 3. The Bertz CT molecular complexity index is 680. The van der Waals surface area contributed by atoms with Crippen molar-refractivity contribution in [2.24, 2.45) is 0 Å². The zero-order valence-corrected chi connectivity index (χ0v) is 9.54. The van der Waals surface area contributed by atoms with Gasteiger partial charge in [-0.2, -0.15) is 0 Å². The molecule has 0 radical (unpaired) electrons. The zero-order chi connectivity index (χ0) is 12.5. The summed E-state index contributed by atoms with van der Waals surface area (Å²) in [6.07, 6.45) is 3.33. The van der Waals surface area contributed by atoms with Crippen molar-refractivity contribution in [3.05, 3.63) is 48.8 Å². The average Bonchev–Trinajstić information content (AvgIpc) is 2.82. The molecule has 1 aromatic carbocycles. The summed E-state index contributed by atoms with van der Waals surface area (Å²) < 4.78 is 0. The van der Waals surface area contributed by atoms with Crippen molar-refractivity contribution in [2.45, 2.75) is 0 Å². The lowest BCUT2D eigenvalue weighted by atomic mass is 9.81. The van der Waals surface area contributed by atoms with E-state index in [2.05, 4.69) is 9.97 Å². The van der Waals surface area contributed by atoms with E-state index in [9.17, 15) is 10.0 Å². The second-order valence-electron chi connectivity index (χ2n) is 4.11. The molecule has 3 N–H and O–H groups in total. The molecule has 5 heteroatoms. The molecule has 4 nitrogen and oxygen atoms in total. The van der Waals surface area contributed by atoms with E-state index < -0.39 is 7.12 Å². The molecule has 0 amide bonds. The fourth-order valence-electron chi connectivity index (χ4n) is 2.02. The number of pyridine rings is 1. The van der Waals surface area contributed by atoms with E-state index in [4.69, 9.17) is 0 Å². The van der Waals surface area contributed by atoms with Gasteiger partial charge in [0.05, 0.1) is 0 Å². The van der Waals surface area contributed by atoms with Gasteiger partial charge in [0.2, 0.25) is 0 Å². The predicted molar refractivity (Wildman–Crippen MR) is 71.4 cm³/mol. The molecule has 0 aliphatic rings. The van der Waals surface area contributed by atoms with Gasteiger partial charge in [-0.05, 0) is 11.6 Å². The van der Waals surface area contributed by atoms with Crippen molar-refractivity contribution >= 4 is 23.6 Å². The SMILES string of the molecule is OB(O)c1cnc2[nH]cc(-c3ccccc3)c2c1. The van der Waals surface area contributed by atoms with E-state index in [1.165, 1.54) is 6.20 Å². The number of hydrogen-bond acceptors (Lipinski definition) is 3. The van der Waals surface area contributed by atoms with E-state index in [0.717, 1.165) is 22.2 Å². The number of rotatable bonds is 2. The molecule has 3 aromatic rings. The van der Waals surface area contributed by atoms with Crippen molar-refractivity contribution < 1.29 is 10.0 Å². The van der Waals surface area contributed by atoms with Crippen LogP contribution in [0.2, 0.25) is 0 Å². The Labute approximate surface area is 104 Å². The number of benzene rings is 1. The van der Waals surface area contributed by atoms with Gasteiger partial charge in [0.1, 0.15) is 5.65 Å². The molecule has 0 saturated heterocycles. The van der Waals surface area contributed by atoms with Gasteiger partial charge in [-0.25, -0.2) is 4.98 Å². The minimum absolute atomic E-state index is 0.388. The molecule has 0 fully saturated rings. The minimum atomic E-state index is -1.50. The molecule has 0 bridgehead atoms. The largest absolute Gasteiger partial charge is 0.490 e. The van der Waals surface area contributed by atoms with Crippen LogP contribution in [-0.2, 0) is 0 Å². The van der Waals surface area contributed by atoms with Crippen LogP contribution >= 0.6 is 0 Å². The van der Waals surface area contributed by atoms with Crippen molar-refractivity contribution in [3.63, 3.8) is 0 Å². The van der Waals surface area contributed by atoms with Gasteiger partial charge in [0, 0.05) is 28.8 Å². The number of nitrogens with zero attached hydrogens (tertiary/aromatic N) is 1. The van der Waals surface area contributed by atoms with Crippen LogP contribution in [0.15, 0.2) is 48.8 Å². The standard InChI is InChI=1S/C13H11BN2O2/c17-14(18)10-6-11-12(8-16-13(11)15-7-10)9-4-2-1-3-5-9/h1-8,17-18H,(H,15,16). The maximum Gasteiger partial charge on any atom is 0.490 e. The van der Waals surface area contributed by atoms with E-state index in [1.807, 2.05) is 36.5 Å². The van der Waals surface area contributed by atoms with Gasteiger partial charge in [0.25, 0.3) is 0 Å². The van der Waals surface area contributed by atoms with Crippen LogP contribution in [0, 0.1) is 0 Å². The topological polar surface area (TPSA) is 69.1 Å². The number of aromatic amines is 1. The minimum Gasteiger partial charge on any atom is -0.423 e. The number of H-pyrrole nitrogens is 1. The van der Waals surface area contributed by atoms with Gasteiger partial charge in [0.15, 0.2) is 0 Å². The first-order valence-electron chi connectivity index (χ1n) is 5.64. The maximum atomic E-state index is 9.19. The molecule has 3 rings (SSSR count). The van der Waals surface area contributed by atoms with Gasteiger partial charge in [-0.1, -0.05) is 30.3 Å². The van der Waals surface area contributed by atoms with E-state index in [0.29, 0.717) is 5.46 Å². The summed E-state index contributed by atoms with van der Waals surface area (Å²) in [5.74, 6) is 0. The van der Waals surface area contributed by atoms with Crippen LogP contribution in [0.3, 0.4) is 0 Å². The summed E-state index contributed by atoms with van der Waals surface area (Å²) >= 11 is 0. The van der Waals surface area contributed by atoms with E-state index in [-0.39, 0.29) is 0 Å². The third-order valence-corrected chi connectivity index (χ3v) is 2.94. The van der Waals surface area contributed by atoms with Crippen LogP contribution in [0.1, 0.15) is 0 Å². The Hall–Kier alpha value is -2.11. The normalized spacial score (nSPS) is 10.8. The number of nitrogens with one attached hydrogen (secondary N) is 1. The maximum absolute atomic E-state index is 9.19. The first-order chi connectivity index (χ1) is 8.75. The molecular weight excluding hydrogens is 227 g/mol. The predicted octanol–water partition coefficient (Wildman–Crippen LogP) is 0.910. The molecule has 18 heavy (non-hydrogen) atoms. The smallest absolute Gasteiger partial charge is 0.423 e. The average molecular weight is 238 g/mol. The summed E-state index contributed by atoms with van der Waals surface area (Å²) in [7, 11) is -1.50. The van der Waals surface area contributed by atoms with Gasteiger partial charge in [-0.15, -0.1) is 0 Å². The molecule has 0 aliphatic heterocycles. The number of fused-ring (bicyclic) bond motifs is 1. The van der Waals surface area contributed by atoms with Crippen molar-refractivity contribution in [3.8, 4) is 11.1 Å². The Morgan fingerprint density at radius 3 is 2.61 bits per heavy atom. The third-order valence-electron chi connectivity index (χ3n) is 2.94. The molecule has 2 heterocycles. The van der Waals surface area contributed by atoms with Crippen LogP contribution in [0.5, 0.6) is 0 Å². The zero-order valence-electron chi connectivity index (χ0n) is 9.54. The van der Waals surface area contributed by atoms with Crippen LogP contribution in [0.4, 0.5) is 0 Å². The van der Waals surface area contributed by atoms with Crippen molar-refractivity contribution in [1.82, 2.24) is 9.97 Å². The first kappa shape index (κ1) is 11.0. The Kier molecular flexibility index (Phi) is 2.62. The van der Waals surface area contributed by atoms with Crippen molar-refractivity contribution in [1.29, 1.82) is 0 Å². The molecule has 0 saturated carbocycles. The highest BCUT2D eigenvalue weighted by Gasteiger charge is 2.14. The van der Waals surface area contributed by atoms with E-state index in [1.54, 1.807) is 6.07 Å². The van der Waals surface area contributed by atoms with Crippen LogP contribution in [0.25, 0.3) is 22.2 Å². The summed E-state index contributed by atoms with van der Waals surface area (Å²) in [5, 5.41) is 19.3. The van der Waals surface area contributed by atoms with E-state index >= 15 is 0 Å². The fourth-order valence-corrected chi connectivity index (χ4v) is 2.02. The molecule has 88 valence electrons. The van der Waals surface area contributed by atoms with Crippen LogP contribution < -0.4 is 5.46 Å². The highest BCUT2D eigenvalue weighted by Crippen LogP contribution is 2.26. The summed E-state index contributed by atoms with van der Waals surface area (Å²) in [4.78, 5) is 7.25. The lowest BCUT2D eigenvalue weighted by Gasteiger charge is -2.01. The number of aromatic nitrogens is 2. The molecule has 2 aromatic heterocycles. The molecule has 0 atom stereocenters. The third kappa shape index (κ3) is 1.79. The van der Waals surface area contributed by atoms with Gasteiger partial charge >= 0.3 is 7.12 Å². The van der Waals surface area contributed by atoms with Crippen molar-refractivity contribution in [2.75, 3.05) is 0 Å². The Morgan fingerprint density at radius 2 is 1.89 bits per heavy atom. The summed E-state index contributed by atoms with van der Waals surface area (Å²) in [6.45, 7) is 0. The molecular formula is C13H11BN2O2. The second kappa shape index (κ2) is 4.29. The summed E-state index contributed by atoms with van der Waals surface area (Å²) in [5.41, 5.74) is 3.19. The summed E-state index contributed by atoms with van der Waals surface area (Å²) in [6, 6.07) is 11.6. The Morgan fingerprint density at radius 1 is 1.11 bits per heavy atom. The lowest BCUT2D eigenvalue weighted by molar-refractivity contribution is 0.425. The van der Waals surface area contributed by atoms with Crippen LogP contribution in [-0.4, -0.2) is 27.1 Å². The monoisotopic (exact) mass is 238 g/mol. The Balaban J connectivity index is 2.21. The first-order valence-corrected chi connectivity index (χ1v) is 5.64. The molecule has 0 spiro atoms.